The van der Waals surface area contributed by atoms with Gasteiger partial charge >= 0.3 is 6.09 Å². The van der Waals surface area contributed by atoms with Crippen LogP contribution in [0, 0.1) is 5.41 Å². The summed E-state index contributed by atoms with van der Waals surface area (Å²) in [6, 6.07) is 9.30. The number of amides is 1. The predicted octanol–water partition coefficient (Wildman–Crippen LogP) is 1.63. The number of allylic oxidation sites excluding steroid dienone is 1. The molecule has 1 heterocycles. The summed E-state index contributed by atoms with van der Waals surface area (Å²) in [6.07, 6.45) is 1.93. The molecule has 3 N–H and O–H groups in total. The Labute approximate surface area is 99.0 Å². The highest BCUT2D eigenvalue weighted by Crippen LogP contribution is 2.29. The van der Waals surface area contributed by atoms with Crippen LogP contribution in [0.1, 0.15) is 11.6 Å². The first-order valence-electron chi connectivity index (χ1n) is 5.21. The van der Waals surface area contributed by atoms with E-state index in [0.717, 1.165) is 11.8 Å². The van der Waals surface area contributed by atoms with Crippen molar-refractivity contribution in [2.45, 2.75) is 6.04 Å². The van der Waals surface area contributed by atoms with Crippen molar-refractivity contribution in [1.82, 2.24) is 4.90 Å². The van der Waals surface area contributed by atoms with E-state index in [0.29, 0.717) is 0 Å². The third-order valence-corrected chi connectivity index (χ3v) is 2.59. The molecular weight excluding hydrogens is 218 g/mol. The highest BCUT2D eigenvalue weighted by Gasteiger charge is 2.35. The highest BCUT2D eigenvalue weighted by atomic mass is 16.6. The number of rotatable bonds is 3. The van der Waals surface area contributed by atoms with Crippen molar-refractivity contribution < 1.29 is 9.53 Å². The molecule has 0 aliphatic carbocycles. The normalized spacial score (nSPS) is 20.2. The maximum absolute atomic E-state index is 11.6. The van der Waals surface area contributed by atoms with Crippen LogP contribution < -0.4 is 5.73 Å². The molecular formula is C12H13N3O2. The van der Waals surface area contributed by atoms with Gasteiger partial charge in [-0.15, -0.1) is 0 Å². The molecule has 0 bridgehead atoms. The number of carbonyl (C=O) groups is 1. The minimum atomic E-state index is -0.477. The van der Waals surface area contributed by atoms with Gasteiger partial charge in [-0.3, -0.25) is 4.90 Å². The number of nitrogens with one attached hydrogen (secondary N) is 1. The van der Waals surface area contributed by atoms with Crippen molar-refractivity contribution in [2.75, 3.05) is 6.61 Å². The number of cyclic esters (lactones) is 1. The molecule has 1 aromatic carbocycles. The van der Waals surface area contributed by atoms with Gasteiger partial charge in [-0.2, -0.15) is 0 Å². The first-order valence-corrected chi connectivity index (χ1v) is 5.21. The molecule has 17 heavy (non-hydrogen) atoms. The van der Waals surface area contributed by atoms with E-state index in [1.54, 1.807) is 0 Å². The summed E-state index contributed by atoms with van der Waals surface area (Å²) >= 11 is 0. The van der Waals surface area contributed by atoms with Gasteiger partial charge < -0.3 is 15.9 Å². The van der Waals surface area contributed by atoms with E-state index in [9.17, 15) is 4.79 Å². The van der Waals surface area contributed by atoms with Gasteiger partial charge in [-0.1, -0.05) is 30.3 Å². The second-order valence-corrected chi connectivity index (χ2v) is 3.63. The Morgan fingerprint density at radius 2 is 2.18 bits per heavy atom. The summed E-state index contributed by atoms with van der Waals surface area (Å²) in [4.78, 5) is 12.9. The van der Waals surface area contributed by atoms with Crippen LogP contribution >= 0.6 is 0 Å². The monoisotopic (exact) mass is 231 g/mol. The summed E-state index contributed by atoms with van der Waals surface area (Å²) in [6.45, 7) is 0.273. The summed E-state index contributed by atoms with van der Waals surface area (Å²) < 4.78 is 4.99. The maximum atomic E-state index is 11.6. The quantitative estimate of drug-likeness (QED) is 0.776. The van der Waals surface area contributed by atoms with E-state index >= 15 is 0 Å². The molecule has 5 nitrogen and oxygen atoms in total. The fourth-order valence-electron chi connectivity index (χ4n) is 1.79. The average molecular weight is 231 g/mol. The molecule has 0 radical (unpaired) electrons. The SMILES string of the molecule is N=C/C=C(\N)N1C(=O)OC[C@H]1c1ccccc1. The second-order valence-electron chi connectivity index (χ2n) is 3.63. The van der Waals surface area contributed by atoms with Crippen LogP contribution in [0.4, 0.5) is 4.79 Å². The minimum absolute atomic E-state index is 0.219. The zero-order chi connectivity index (χ0) is 12.3. The number of carbonyl (C=O) groups excluding carboxylic acids is 1. The molecule has 1 fully saturated rings. The van der Waals surface area contributed by atoms with Gasteiger partial charge in [0.05, 0.1) is 0 Å². The van der Waals surface area contributed by atoms with Gasteiger partial charge in [0, 0.05) is 6.21 Å². The Hall–Kier alpha value is -2.30. The van der Waals surface area contributed by atoms with E-state index in [1.165, 1.54) is 11.0 Å². The topological polar surface area (TPSA) is 79.4 Å². The van der Waals surface area contributed by atoms with E-state index in [4.69, 9.17) is 15.9 Å². The van der Waals surface area contributed by atoms with Crippen LogP contribution in [-0.2, 0) is 4.74 Å². The standard InChI is InChI=1S/C12H13N3O2/c13-7-6-11(14)15-10(8-17-12(15)16)9-4-2-1-3-5-9/h1-7,10,13H,8,14H2/b11-6+,13-7?/t10-/m0/s1. The number of hydrogen-bond donors (Lipinski definition) is 2. The summed E-state index contributed by atoms with van der Waals surface area (Å²) in [7, 11) is 0. The van der Waals surface area contributed by atoms with Crippen LogP contribution in [0.2, 0.25) is 0 Å². The third kappa shape index (κ3) is 2.13. The first kappa shape index (κ1) is 11.2. The number of nitrogens with two attached hydrogens (primary N) is 1. The van der Waals surface area contributed by atoms with E-state index in [2.05, 4.69) is 0 Å². The van der Waals surface area contributed by atoms with Crippen LogP contribution in [0.3, 0.4) is 0 Å². The molecule has 1 aromatic rings. The zero-order valence-corrected chi connectivity index (χ0v) is 9.17. The highest BCUT2D eigenvalue weighted by molar-refractivity contribution is 5.76. The average Bonchev–Trinajstić information content (AvgIpc) is 2.73. The lowest BCUT2D eigenvalue weighted by Crippen LogP contribution is -2.31. The first-order chi connectivity index (χ1) is 8.24. The Kier molecular flexibility index (Phi) is 3.09. The van der Waals surface area contributed by atoms with Crippen molar-refractivity contribution >= 4 is 12.3 Å². The molecule has 1 atom stereocenters. The molecule has 88 valence electrons. The third-order valence-electron chi connectivity index (χ3n) is 2.59. The fourth-order valence-corrected chi connectivity index (χ4v) is 1.79. The molecule has 0 spiro atoms. The van der Waals surface area contributed by atoms with Crippen LogP contribution in [0.5, 0.6) is 0 Å². The summed E-state index contributed by atoms with van der Waals surface area (Å²) in [5.74, 6) is 0.219. The zero-order valence-electron chi connectivity index (χ0n) is 9.17. The van der Waals surface area contributed by atoms with Crippen molar-refractivity contribution in [2.24, 2.45) is 5.73 Å². The predicted molar refractivity (Wildman–Crippen MR) is 63.4 cm³/mol. The Morgan fingerprint density at radius 3 is 2.82 bits per heavy atom. The fraction of sp³-hybridized carbons (Fsp3) is 0.167. The van der Waals surface area contributed by atoms with E-state index in [1.807, 2.05) is 30.3 Å². The van der Waals surface area contributed by atoms with Gasteiger partial charge in [0.15, 0.2) is 0 Å². The van der Waals surface area contributed by atoms with Gasteiger partial charge in [0.2, 0.25) is 0 Å². The van der Waals surface area contributed by atoms with Crippen molar-refractivity contribution in [3.8, 4) is 0 Å². The van der Waals surface area contributed by atoms with E-state index < -0.39 is 6.09 Å². The molecule has 0 unspecified atom stereocenters. The maximum Gasteiger partial charge on any atom is 0.416 e. The summed E-state index contributed by atoms with van der Waals surface area (Å²) in [5, 5.41) is 6.97. The van der Waals surface area contributed by atoms with Gasteiger partial charge in [0.25, 0.3) is 0 Å². The van der Waals surface area contributed by atoms with Crippen molar-refractivity contribution in [1.29, 1.82) is 5.41 Å². The molecule has 1 amide bonds. The lowest BCUT2D eigenvalue weighted by molar-refractivity contribution is 0.164. The van der Waals surface area contributed by atoms with Gasteiger partial charge in [0.1, 0.15) is 18.5 Å². The lowest BCUT2D eigenvalue weighted by atomic mass is 10.1. The minimum Gasteiger partial charge on any atom is -0.447 e. The van der Waals surface area contributed by atoms with Crippen LogP contribution in [-0.4, -0.2) is 23.8 Å². The Morgan fingerprint density at radius 1 is 1.47 bits per heavy atom. The summed E-state index contributed by atoms with van der Waals surface area (Å²) in [5.41, 5.74) is 6.70. The molecule has 1 aliphatic rings. The molecule has 5 heteroatoms. The van der Waals surface area contributed by atoms with Crippen LogP contribution in [0.25, 0.3) is 0 Å². The van der Waals surface area contributed by atoms with Gasteiger partial charge in [-0.25, -0.2) is 4.79 Å². The number of hydrogen-bond acceptors (Lipinski definition) is 4. The molecule has 1 aliphatic heterocycles. The van der Waals surface area contributed by atoms with Gasteiger partial charge in [-0.05, 0) is 11.6 Å². The lowest BCUT2D eigenvalue weighted by Gasteiger charge is -2.21. The number of ether oxygens (including phenoxy) is 1. The molecule has 1 saturated heterocycles. The Bertz CT molecular complexity index is 456. The van der Waals surface area contributed by atoms with Crippen molar-refractivity contribution in [3.63, 3.8) is 0 Å². The Balaban J connectivity index is 2.32. The van der Waals surface area contributed by atoms with Crippen molar-refractivity contribution in [3.05, 3.63) is 47.8 Å². The molecule has 0 aromatic heterocycles. The molecule has 2 rings (SSSR count). The van der Waals surface area contributed by atoms with E-state index in [-0.39, 0.29) is 18.5 Å². The number of nitrogens with zero attached hydrogens (tertiary/aromatic N) is 1. The van der Waals surface area contributed by atoms with Crippen LogP contribution in [0.15, 0.2) is 42.2 Å². The smallest absolute Gasteiger partial charge is 0.416 e. The number of benzene rings is 1. The molecule has 0 saturated carbocycles. The largest absolute Gasteiger partial charge is 0.447 e. The second kappa shape index (κ2) is 4.69.